The SMILES string of the molecule is CC1(C)CCC[C@@]2(C)C1CC[C@@]1(C=O)C3COC(=O)[C@@H]3CCC21. The van der Waals surface area contributed by atoms with Crippen LogP contribution in [0.25, 0.3) is 0 Å². The van der Waals surface area contributed by atoms with Crippen molar-refractivity contribution < 1.29 is 14.3 Å². The van der Waals surface area contributed by atoms with Crippen LogP contribution in [0.4, 0.5) is 0 Å². The molecule has 1 aliphatic heterocycles. The fraction of sp³-hybridized carbons (Fsp3) is 0.900. The first kappa shape index (κ1) is 15.7. The van der Waals surface area contributed by atoms with Gasteiger partial charge in [-0.15, -0.1) is 0 Å². The molecule has 4 fully saturated rings. The van der Waals surface area contributed by atoms with E-state index in [-0.39, 0.29) is 28.6 Å². The molecule has 128 valence electrons. The Balaban J connectivity index is 1.76. The first-order valence-electron chi connectivity index (χ1n) is 9.48. The third-order valence-corrected chi connectivity index (χ3v) is 8.46. The Morgan fingerprint density at radius 3 is 2.57 bits per heavy atom. The van der Waals surface area contributed by atoms with Crippen molar-refractivity contribution in [2.75, 3.05) is 6.61 Å². The monoisotopic (exact) mass is 318 g/mol. The van der Waals surface area contributed by atoms with Gasteiger partial charge in [-0.05, 0) is 61.2 Å². The van der Waals surface area contributed by atoms with E-state index in [1.54, 1.807) is 0 Å². The summed E-state index contributed by atoms with van der Waals surface area (Å²) in [7, 11) is 0. The highest BCUT2D eigenvalue weighted by atomic mass is 16.5. The number of fused-ring (bicyclic) bond motifs is 5. The number of cyclic esters (lactones) is 1. The van der Waals surface area contributed by atoms with Gasteiger partial charge in [0.25, 0.3) is 0 Å². The summed E-state index contributed by atoms with van der Waals surface area (Å²) in [6, 6.07) is 0. The second-order valence-corrected chi connectivity index (χ2v) is 9.64. The second kappa shape index (κ2) is 4.83. The quantitative estimate of drug-likeness (QED) is 0.542. The summed E-state index contributed by atoms with van der Waals surface area (Å²) in [6.07, 6.45) is 9.12. The van der Waals surface area contributed by atoms with Crippen LogP contribution in [-0.4, -0.2) is 18.9 Å². The van der Waals surface area contributed by atoms with Crippen LogP contribution in [0.3, 0.4) is 0 Å². The van der Waals surface area contributed by atoms with E-state index in [9.17, 15) is 9.59 Å². The predicted molar refractivity (Wildman–Crippen MR) is 87.6 cm³/mol. The molecule has 1 heterocycles. The fourth-order valence-electron chi connectivity index (χ4n) is 7.51. The molecule has 0 aromatic rings. The number of esters is 1. The van der Waals surface area contributed by atoms with Crippen molar-refractivity contribution in [2.24, 2.45) is 39.9 Å². The van der Waals surface area contributed by atoms with Crippen molar-refractivity contribution in [1.29, 1.82) is 0 Å². The maximum atomic E-state index is 12.4. The lowest BCUT2D eigenvalue weighted by atomic mass is 9.39. The predicted octanol–water partition coefficient (Wildman–Crippen LogP) is 4.00. The normalized spacial score (nSPS) is 51.2. The van der Waals surface area contributed by atoms with Gasteiger partial charge in [0.15, 0.2) is 0 Å². The highest BCUT2D eigenvalue weighted by molar-refractivity contribution is 5.77. The average molecular weight is 318 g/mol. The molecule has 23 heavy (non-hydrogen) atoms. The molecule has 0 bridgehead atoms. The zero-order valence-electron chi connectivity index (χ0n) is 14.8. The highest BCUT2D eigenvalue weighted by Crippen LogP contribution is 2.69. The molecular weight excluding hydrogens is 288 g/mol. The molecule has 3 saturated carbocycles. The molecule has 3 unspecified atom stereocenters. The maximum absolute atomic E-state index is 12.4. The molecule has 3 nitrogen and oxygen atoms in total. The summed E-state index contributed by atoms with van der Waals surface area (Å²) < 4.78 is 5.39. The summed E-state index contributed by atoms with van der Waals surface area (Å²) >= 11 is 0. The summed E-state index contributed by atoms with van der Waals surface area (Å²) in [4.78, 5) is 24.4. The topological polar surface area (TPSA) is 43.4 Å². The number of hydrogen-bond donors (Lipinski definition) is 0. The van der Waals surface area contributed by atoms with Crippen molar-refractivity contribution in [3.8, 4) is 0 Å². The van der Waals surface area contributed by atoms with E-state index in [2.05, 4.69) is 20.8 Å². The zero-order valence-corrected chi connectivity index (χ0v) is 14.8. The lowest BCUT2D eigenvalue weighted by molar-refractivity contribution is -0.177. The van der Waals surface area contributed by atoms with E-state index in [0.29, 0.717) is 23.9 Å². The van der Waals surface area contributed by atoms with Crippen molar-refractivity contribution in [1.82, 2.24) is 0 Å². The number of carbonyl (C=O) groups excluding carboxylic acids is 2. The lowest BCUT2D eigenvalue weighted by Crippen LogP contribution is -2.61. The Bertz CT molecular complexity index is 539. The smallest absolute Gasteiger partial charge is 0.309 e. The van der Waals surface area contributed by atoms with Crippen LogP contribution in [0.2, 0.25) is 0 Å². The van der Waals surface area contributed by atoms with Gasteiger partial charge in [-0.25, -0.2) is 0 Å². The van der Waals surface area contributed by atoms with Gasteiger partial charge in [0, 0.05) is 11.3 Å². The third kappa shape index (κ3) is 1.88. The van der Waals surface area contributed by atoms with Crippen LogP contribution in [0.15, 0.2) is 0 Å². The van der Waals surface area contributed by atoms with Crippen LogP contribution >= 0.6 is 0 Å². The third-order valence-electron chi connectivity index (χ3n) is 8.46. The van der Waals surface area contributed by atoms with Gasteiger partial charge in [-0.1, -0.05) is 27.2 Å². The van der Waals surface area contributed by atoms with E-state index in [4.69, 9.17) is 4.74 Å². The Labute approximate surface area is 139 Å². The fourth-order valence-corrected chi connectivity index (χ4v) is 7.51. The molecule has 0 spiro atoms. The number of hydrogen-bond acceptors (Lipinski definition) is 3. The number of rotatable bonds is 1. The minimum atomic E-state index is -0.312. The number of aldehydes is 1. The minimum Gasteiger partial charge on any atom is -0.465 e. The maximum Gasteiger partial charge on any atom is 0.309 e. The molecule has 0 radical (unpaired) electrons. The summed E-state index contributed by atoms with van der Waals surface area (Å²) in [5.41, 5.74) is 0.312. The Hall–Kier alpha value is -0.860. The molecule has 4 aliphatic rings. The molecule has 6 atom stereocenters. The van der Waals surface area contributed by atoms with Gasteiger partial charge in [0.1, 0.15) is 6.29 Å². The highest BCUT2D eigenvalue weighted by Gasteiger charge is 2.66. The summed E-state index contributed by atoms with van der Waals surface area (Å²) in [5.74, 6) is 1.20. The van der Waals surface area contributed by atoms with Crippen molar-refractivity contribution in [2.45, 2.75) is 65.7 Å². The van der Waals surface area contributed by atoms with E-state index >= 15 is 0 Å². The molecule has 0 amide bonds. The average Bonchev–Trinajstić information content (AvgIpc) is 2.88. The number of ether oxygens (including phenoxy) is 1. The van der Waals surface area contributed by atoms with Crippen molar-refractivity contribution >= 4 is 12.3 Å². The van der Waals surface area contributed by atoms with Crippen molar-refractivity contribution in [3.05, 3.63) is 0 Å². The molecule has 0 aromatic carbocycles. The van der Waals surface area contributed by atoms with Gasteiger partial charge in [-0.2, -0.15) is 0 Å². The lowest BCUT2D eigenvalue weighted by Gasteiger charge is -2.64. The van der Waals surface area contributed by atoms with E-state index < -0.39 is 0 Å². The largest absolute Gasteiger partial charge is 0.465 e. The molecule has 0 aromatic heterocycles. The van der Waals surface area contributed by atoms with E-state index in [1.807, 2.05) is 0 Å². The van der Waals surface area contributed by atoms with Crippen molar-refractivity contribution in [3.63, 3.8) is 0 Å². The van der Waals surface area contributed by atoms with Gasteiger partial charge in [0.05, 0.1) is 12.5 Å². The van der Waals surface area contributed by atoms with Crippen LogP contribution in [-0.2, 0) is 14.3 Å². The summed E-state index contributed by atoms with van der Waals surface area (Å²) in [5, 5.41) is 0. The molecular formula is C20H30O3. The number of carbonyl (C=O) groups is 2. The van der Waals surface area contributed by atoms with Crippen LogP contribution in [0.1, 0.15) is 65.7 Å². The van der Waals surface area contributed by atoms with Crippen LogP contribution < -0.4 is 0 Å². The second-order valence-electron chi connectivity index (χ2n) is 9.64. The van der Waals surface area contributed by atoms with Gasteiger partial charge in [-0.3, -0.25) is 4.79 Å². The summed E-state index contributed by atoms with van der Waals surface area (Å²) in [6.45, 7) is 7.79. The standard InChI is InChI=1S/C20H30O3/c1-18(2)8-4-9-19(3)15(18)7-10-20(12-21)14-11-23-17(22)13(14)5-6-16(19)20/h12-16H,4-11H2,1-3H3/t13-,14?,15?,16?,19+,20-/m1/s1. The molecule has 3 heteroatoms. The minimum absolute atomic E-state index is 0.0202. The van der Waals surface area contributed by atoms with Crippen LogP contribution in [0, 0.1) is 39.9 Å². The first-order chi connectivity index (χ1) is 10.8. The zero-order chi connectivity index (χ0) is 16.5. The van der Waals surface area contributed by atoms with E-state index in [1.165, 1.54) is 25.5 Å². The molecule has 0 N–H and O–H groups in total. The van der Waals surface area contributed by atoms with Crippen LogP contribution in [0.5, 0.6) is 0 Å². The Morgan fingerprint density at radius 2 is 1.83 bits per heavy atom. The molecule has 1 saturated heterocycles. The van der Waals surface area contributed by atoms with Gasteiger partial charge >= 0.3 is 5.97 Å². The van der Waals surface area contributed by atoms with Gasteiger partial charge < -0.3 is 9.53 Å². The van der Waals surface area contributed by atoms with E-state index in [0.717, 1.165) is 25.7 Å². The Kier molecular flexibility index (Phi) is 3.29. The Morgan fingerprint density at radius 1 is 1.04 bits per heavy atom. The van der Waals surface area contributed by atoms with Gasteiger partial charge in [0.2, 0.25) is 0 Å². The molecule has 3 aliphatic carbocycles. The first-order valence-corrected chi connectivity index (χ1v) is 9.48. The molecule has 4 rings (SSSR count).